The summed E-state index contributed by atoms with van der Waals surface area (Å²) in [4.78, 5) is 26.2. The summed E-state index contributed by atoms with van der Waals surface area (Å²) in [6.45, 7) is 1.30. The largest absolute Gasteiger partial charge is 0.491 e. The zero-order valence-corrected chi connectivity index (χ0v) is 14.9. The van der Waals surface area contributed by atoms with E-state index >= 15 is 0 Å². The SMILES string of the molecule is COC1CCOc2c(NC(=O)N3C[C@@H]4CCC[C@@]4(C(=O)O)C3)cccc21. The van der Waals surface area contributed by atoms with Crippen molar-refractivity contribution in [2.75, 3.05) is 32.1 Å². The number of carbonyl (C=O) groups excluding carboxylic acids is 1. The summed E-state index contributed by atoms with van der Waals surface area (Å²) < 4.78 is 11.3. The van der Waals surface area contributed by atoms with Gasteiger partial charge >= 0.3 is 12.0 Å². The van der Waals surface area contributed by atoms with E-state index in [1.165, 1.54) is 0 Å². The minimum Gasteiger partial charge on any atom is -0.491 e. The van der Waals surface area contributed by atoms with Gasteiger partial charge in [0.05, 0.1) is 23.8 Å². The van der Waals surface area contributed by atoms with E-state index in [2.05, 4.69) is 5.32 Å². The topological polar surface area (TPSA) is 88.1 Å². The number of aliphatic carboxylic acids is 1. The van der Waals surface area contributed by atoms with Crippen LogP contribution in [0, 0.1) is 11.3 Å². The first-order valence-electron chi connectivity index (χ1n) is 9.13. The summed E-state index contributed by atoms with van der Waals surface area (Å²) in [5, 5.41) is 12.6. The molecule has 26 heavy (non-hydrogen) atoms. The molecule has 1 saturated heterocycles. The van der Waals surface area contributed by atoms with Crippen LogP contribution in [0.3, 0.4) is 0 Å². The van der Waals surface area contributed by atoms with Gasteiger partial charge in [0.15, 0.2) is 0 Å². The second kappa shape index (κ2) is 6.46. The lowest BCUT2D eigenvalue weighted by atomic mass is 9.81. The molecule has 3 atom stereocenters. The summed E-state index contributed by atoms with van der Waals surface area (Å²) in [6, 6.07) is 5.35. The number of likely N-dealkylation sites (tertiary alicyclic amines) is 1. The number of benzene rings is 1. The van der Waals surface area contributed by atoms with Crippen LogP contribution in [-0.4, -0.2) is 48.8 Å². The standard InChI is InChI=1S/C19H24N2O5/c1-25-15-7-9-26-16-13(15)5-2-6-14(16)20-18(24)21-10-12-4-3-8-19(12,11-21)17(22)23/h2,5-6,12,15H,3-4,7-11H2,1H3,(H,20,24)(H,22,23)/t12-,15?,19+/m0/s1. The Kier molecular flexibility index (Phi) is 4.26. The first-order chi connectivity index (χ1) is 12.5. The van der Waals surface area contributed by atoms with Crippen LogP contribution in [0.4, 0.5) is 10.5 Å². The third-order valence-electron chi connectivity index (χ3n) is 6.13. The van der Waals surface area contributed by atoms with Crippen molar-refractivity contribution in [2.24, 2.45) is 11.3 Å². The van der Waals surface area contributed by atoms with Crippen molar-refractivity contribution in [1.82, 2.24) is 4.90 Å². The Bertz CT molecular complexity index is 737. The Labute approximate surface area is 152 Å². The van der Waals surface area contributed by atoms with Crippen molar-refractivity contribution in [3.63, 3.8) is 0 Å². The first kappa shape index (κ1) is 17.1. The van der Waals surface area contributed by atoms with Gasteiger partial charge in [-0.15, -0.1) is 0 Å². The highest BCUT2D eigenvalue weighted by Crippen LogP contribution is 2.49. The van der Waals surface area contributed by atoms with Gasteiger partial charge in [-0.25, -0.2) is 4.79 Å². The first-order valence-corrected chi connectivity index (χ1v) is 9.13. The van der Waals surface area contributed by atoms with Gasteiger partial charge in [0.2, 0.25) is 0 Å². The number of fused-ring (bicyclic) bond motifs is 2. The van der Waals surface area contributed by atoms with E-state index < -0.39 is 11.4 Å². The summed E-state index contributed by atoms with van der Waals surface area (Å²) in [5.74, 6) is -0.0884. The molecule has 2 N–H and O–H groups in total. The number of anilines is 1. The Morgan fingerprint density at radius 1 is 1.38 bits per heavy atom. The number of nitrogens with one attached hydrogen (secondary N) is 1. The van der Waals surface area contributed by atoms with E-state index in [4.69, 9.17) is 9.47 Å². The average Bonchev–Trinajstić information content (AvgIpc) is 3.20. The molecule has 1 aromatic rings. The van der Waals surface area contributed by atoms with E-state index in [0.29, 0.717) is 31.0 Å². The van der Waals surface area contributed by atoms with E-state index in [9.17, 15) is 14.7 Å². The second-order valence-corrected chi connectivity index (χ2v) is 7.45. The van der Waals surface area contributed by atoms with E-state index in [1.807, 2.05) is 12.1 Å². The fourth-order valence-electron chi connectivity index (χ4n) is 4.72. The highest BCUT2D eigenvalue weighted by Gasteiger charge is 2.55. The summed E-state index contributed by atoms with van der Waals surface area (Å²) in [6.07, 6.45) is 3.17. The van der Waals surface area contributed by atoms with Crippen LogP contribution in [0.5, 0.6) is 5.75 Å². The van der Waals surface area contributed by atoms with Gasteiger partial charge in [0.1, 0.15) is 5.75 Å². The fraction of sp³-hybridized carbons (Fsp3) is 0.579. The molecule has 1 aromatic carbocycles. The van der Waals surface area contributed by atoms with E-state index in [-0.39, 0.29) is 24.6 Å². The monoisotopic (exact) mass is 360 g/mol. The third kappa shape index (κ3) is 2.61. The van der Waals surface area contributed by atoms with Crippen LogP contribution >= 0.6 is 0 Å². The number of amides is 2. The molecule has 2 aliphatic heterocycles. The number of hydrogen-bond acceptors (Lipinski definition) is 4. The number of carboxylic acid groups (broad SMARTS) is 1. The van der Waals surface area contributed by atoms with Crippen LogP contribution in [0.2, 0.25) is 0 Å². The number of rotatable bonds is 3. The zero-order valence-electron chi connectivity index (χ0n) is 14.9. The minimum atomic E-state index is -0.779. The summed E-state index contributed by atoms with van der Waals surface area (Å²) in [5.41, 5.74) is 0.762. The molecule has 2 amide bonds. The molecular formula is C19H24N2O5. The van der Waals surface area contributed by atoms with E-state index in [0.717, 1.165) is 24.8 Å². The smallest absolute Gasteiger partial charge is 0.321 e. The molecule has 0 radical (unpaired) electrons. The molecule has 1 saturated carbocycles. The van der Waals surface area contributed by atoms with Crippen molar-refractivity contribution in [3.8, 4) is 5.75 Å². The maximum atomic E-state index is 12.8. The highest BCUT2D eigenvalue weighted by atomic mass is 16.5. The average molecular weight is 360 g/mol. The lowest BCUT2D eigenvalue weighted by molar-refractivity contribution is -0.149. The molecule has 140 valence electrons. The lowest BCUT2D eigenvalue weighted by Crippen LogP contribution is -2.38. The Balaban J connectivity index is 1.52. The number of hydrogen-bond donors (Lipinski definition) is 2. The van der Waals surface area contributed by atoms with Crippen LogP contribution < -0.4 is 10.1 Å². The highest BCUT2D eigenvalue weighted by molar-refractivity contribution is 5.92. The molecule has 4 rings (SSSR count). The Hall–Kier alpha value is -2.28. The number of para-hydroxylation sites is 1. The van der Waals surface area contributed by atoms with Gasteiger partial charge in [-0.1, -0.05) is 18.6 Å². The Morgan fingerprint density at radius 2 is 2.23 bits per heavy atom. The van der Waals surface area contributed by atoms with Crippen molar-refractivity contribution in [1.29, 1.82) is 0 Å². The second-order valence-electron chi connectivity index (χ2n) is 7.45. The maximum absolute atomic E-state index is 12.8. The molecule has 0 bridgehead atoms. The fourth-order valence-corrected chi connectivity index (χ4v) is 4.72. The normalized spacial score (nSPS) is 29.7. The quantitative estimate of drug-likeness (QED) is 0.865. The van der Waals surface area contributed by atoms with Crippen LogP contribution in [0.25, 0.3) is 0 Å². The number of carbonyl (C=O) groups is 2. The lowest BCUT2D eigenvalue weighted by Gasteiger charge is -2.27. The van der Waals surface area contributed by atoms with Gasteiger partial charge in [0.25, 0.3) is 0 Å². The van der Waals surface area contributed by atoms with Crippen molar-refractivity contribution >= 4 is 17.7 Å². The predicted molar refractivity (Wildman–Crippen MR) is 94.3 cm³/mol. The van der Waals surface area contributed by atoms with E-state index in [1.54, 1.807) is 18.1 Å². The Morgan fingerprint density at radius 3 is 2.96 bits per heavy atom. The number of carboxylic acids is 1. The van der Waals surface area contributed by atoms with Gasteiger partial charge in [-0.3, -0.25) is 4.79 Å². The molecule has 1 unspecified atom stereocenters. The zero-order chi connectivity index (χ0) is 18.3. The van der Waals surface area contributed by atoms with Gasteiger partial charge in [0, 0.05) is 32.2 Å². The van der Waals surface area contributed by atoms with Gasteiger partial charge < -0.3 is 24.8 Å². The number of methoxy groups -OCH3 is 1. The number of ether oxygens (including phenoxy) is 2. The van der Waals surface area contributed by atoms with Crippen LogP contribution in [0.1, 0.15) is 37.4 Å². The summed E-state index contributed by atoms with van der Waals surface area (Å²) >= 11 is 0. The molecule has 0 spiro atoms. The third-order valence-corrected chi connectivity index (χ3v) is 6.13. The molecule has 3 aliphatic rings. The van der Waals surface area contributed by atoms with Gasteiger partial charge in [-0.05, 0) is 24.8 Å². The predicted octanol–water partition coefficient (Wildman–Crippen LogP) is 2.88. The van der Waals surface area contributed by atoms with Crippen molar-refractivity contribution < 1.29 is 24.2 Å². The van der Waals surface area contributed by atoms with Crippen LogP contribution in [-0.2, 0) is 9.53 Å². The number of urea groups is 1. The summed E-state index contributed by atoms with van der Waals surface area (Å²) in [7, 11) is 1.67. The van der Waals surface area contributed by atoms with Crippen molar-refractivity contribution in [3.05, 3.63) is 23.8 Å². The molecule has 7 heteroatoms. The molecule has 0 aromatic heterocycles. The van der Waals surface area contributed by atoms with Crippen LogP contribution in [0.15, 0.2) is 18.2 Å². The molecule has 1 aliphatic carbocycles. The molecule has 2 heterocycles. The van der Waals surface area contributed by atoms with Crippen molar-refractivity contribution in [2.45, 2.75) is 31.8 Å². The number of nitrogens with zero attached hydrogens (tertiary/aromatic N) is 1. The molecule has 7 nitrogen and oxygen atoms in total. The maximum Gasteiger partial charge on any atom is 0.321 e. The molecular weight excluding hydrogens is 336 g/mol. The molecule has 2 fully saturated rings. The van der Waals surface area contributed by atoms with Gasteiger partial charge in [-0.2, -0.15) is 0 Å². The minimum absolute atomic E-state index is 0.0444.